The van der Waals surface area contributed by atoms with Crippen LogP contribution < -0.4 is 10.6 Å². The Labute approximate surface area is 115 Å². The minimum Gasteiger partial charge on any atom is -0.505 e. The molecule has 0 aliphatic carbocycles. The molecule has 1 aromatic carbocycles. The van der Waals surface area contributed by atoms with Gasteiger partial charge in [-0.2, -0.15) is 0 Å². The molecule has 0 radical (unpaired) electrons. The number of carboxylic acid groups (broad SMARTS) is 1. The van der Waals surface area contributed by atoms with E-state index in [9.17, 15) is 14.7 Å². The molecular weight excluding hydrogens is 264 g/mol. The Hall–Kier alpha value is -2.28. The van der Waals surface area contributed by atoms with Crippen LogP contribution in [0.25, 0.3) is 0 Å². The van der Waals surface area contributed by atoms with Crippen LogP contribution in [-0.2, 0) is 4.74 Å². The highest BCUT2D eigenvalue weighted by molar-refractivity contribution is 5.97. The molecule has 0 spiro atoms. The van der Waals surface area contributed by atoms with E-state index in [2.05, 4.69) is 10.6 Å². The van der Waals surface area contributed by atoms with Crippen LogP contribution in [0.1, 0.15) is 23.2 Å². The van der Waals surface area contributed by atoms with E-state index in [0.717, 1.165) is 12.8 Å². The molecular formula is C13H16N2O5. The maximum atomic E-state index is 11.8. The van der Waals surface area contributed by atoms with Crippen molar-refractivity contribution in [3.05, 3.63) is 23.8 Å². The summed E-state index contributed by atoms with van der Waals surface area (Å²) in [4.78, 5) is 22.7. The predicted octanol–water partition coefficient (Wildman–Crippen LogP) is 1.39. The number of phenols is 1. The number of anilines is 1. The van der Waals surface area contributed by atoms with Crippen LogP contribution in [0.5, 0.6) is 5.75 Å². The van der Waals surface area contributed by atoms with Gasteiger partial charge in [-0.25, -0.2) is 9.59 Å². The third kappa shape index (κ3) is 3.39. The average molecular weight is 280 g/mol. The van der Waals surface area contributed by atoms with Crippen LogP contribution >= 0.6 is 0 Å². The summed E-state index contributed by atoms with van der Waals surface area (Å²) < 4.78 is 5.18. The Kier molecular flexibility index (Phi) is 4.41. The maximum Gasteiger partial charge on any atom is 0.339 e. The fourth-order valence-electron chi connectivity index (χ4n) is 2.00. The number of nitrogens with one attached hydrogen (secondary N) is 2. The SMILES string of the molecule is O=C(Nc1cccc(C(=O)O)c1O)NC1CCOCC1. The average Bonchev–Trinajstić information content (AvgIpc) is 2.42. The molecule has 1 aromatic rings. The molecule has 1 aliphatic heterocycles. The van der Waals surface area contributed by atoms with E-state index in [0.29, 0.717) is 13.2 Å². The topological polar surface area (TPSA) is 108 Å². The monoisotopic (exact) mass is 280 g/mol. The van der Waals surface area contributed by atoms with E-state index in [4.69, 9.17) is 9.84 Å². The highest BCUT2D eigenvalue weighted by Crippen LogP contribution is 2.27. The third-order valence-corrected chi connectivity index (χ3v) is 3.07. The van der Waals surface area contributed by atoms with Crippen molar-refractivity contribution in [1.29, 1.82) is 0 Å². The van der Waals surface area contributed by atoms with Crippen LogP contribution in [0, 0.1) is 0 Å². The van der Waals surface area contributed by atoms with Crippen LogP contribution in [0.3, 0.4) is 0 Å². The number of hydrogen-bond donors (Lipinski definition) is 4. The maximum absolute atomic E-state index is 11.8. The normalized spacial score (nSPS) is 15.6. The molecule has 2 amide bonds. The first-order valence-corrected chi connectivity index (χ1v) is 6.28. The molecule has 4 N–H and O–H groups in total. The van der Waals surface area contributed by atoms with Crippen LogP contribution in [0.2, 0.25) is 0 Å². The molecule has 7 heteroatoms. The van der Waals surface area contributed by atoms with Gasteiger partial charge in [-0.15, -0.1) is 0 Å². The number of para-hydroxylation sites is 1. The number of rotatable bonds is 3. The minimum absolute atomic E-state index is 0.0218. The lowest BCUT2D eigenvalue weighted by Gasteiger charge is -2.23. The number of amides is 2. The van der Waals surface area contributed by atoms with Gasteiger partial charge in [-0.3, -0.25) is 0 Å². The van der Waals surface area contributed by atoms with E-state index in [1.54, 1.807) is 0 Å². The molecule has 1 fully saturated rings. The molecule has 7 nitrogen and oxygen atoms in total. The first-order valence-electron chi connectivity index (χ1n) is 6.28. The smallest absolute Gasteiger partial charge is 0.339 e. The van der Waals surface area contributed by atoms with Gasteiger partial charge in [0, 0.05) is 19.3 Å². The van der Waals surface area contributed by atoms with Crippen molar-refractivity contribution in [2.24, 2.45) is 0 Å². The van der Waals surface area contributed by atoms with Crippen molar-refractivity contribution in [3.63, 3.8) is 0 Å². The first-order chi connectivity index (χ1) is 9.58. The fourth-order valence-corrected chi connectivity index (χ4v) is 2.00. The summed E-state index contributed by atoms with van der Waals surface area (Å²) in [6.07, 6.45) is 1.46. The Morgan fingerprint density at radius 1 is 1.25 bits per heavy atom. The zero-order chi connectivity index (χ0) is 14.5. The second-order valence-corrected chi connectivity index (χ2v) is 4.49. The molecule has 1 heterocycles. The quantitative estimate of drug-likeness (QED) is 0.626. The van der Waals surface area contributed by atoms with E-state index in [1.807, 2.05) is 0 Å². The lowest BCUT2D eigenvalue weighted by atomic mass is 10.1. The van der Waals surface area contributed by atoms with E-state index >= 15 is 0 Å². The van der Waals surface area contributed by atoms with Gasteiger partial charge in [0.05, 0.1) is 5.69 Å². The van der Waals surface area contributed by atoms with Crippen LogP contribution in [0.15, 0.2) is 18.2 Å². The number of carbonyl (C=O) groups is 2. The zero-order valence-corrected chi connectivity index (χ0v) is 10.8. The van der Waals surface area contributed by atoms with Gasteiger partial charge < -0.3 is 25.6 Å². The lowest BCUT2D eigenvalue weighted by Crippen LogP contribution is -2.41. The number of carbonyl (C=O) groups excluding carboxylic acids is 1. The zero-order valence-electron chi connectivity index (χ0n) is 10.8. The molecule has 0 bridgehead atoms. The second-order valence-electron chi connectivity index (χ2n) is 4.49. The number of urea groups is 1. The molecule has 1 aliphatic rings. The number of hydrogen-bond acceptors (Lipinski definition) is 4. The molecule has 108 valence electrons. The van der Waals surface area contributed by atoms with Gasteiger partial charge in [0.25, 0.3) is 0 Å². The number of carboxylic acids is 1. The molecule has 0 atom stereocenters. The van der Waals surface area contributed by atoms with Crippen LogP contribution in [-0.4, -0.2) is 41.5 Å². The first kappa shape index (κ1) is 14.1. The summed E-state index contributed by atoms with van der Waals surface area (Å²) >= 11 is 0. The standard InChI is InChI=1S/C13H16N2O5/c16-11-9(12(17)18)2-1-3-10(11)15-13(19)14-8-4-6-20-7-5-8/h1-3,8,16H,4-7H2,(H,17,18)(H2,14,15,19). The Morgan fingerprint density at radius 2 is 1.95 bits per heavy atom. The highest BCUT2D eigenvalue weighted by atomic mass is 16.5. The van der Waals surface area contributed by atoms with Crippen molar-refractivity contribution in [2.45, 2.75) is 18.9 Å². The molecule has 2 rings (SSSR count). The van der Waals surface area contributed by atoms with Crippen LogP contribution in [0.4, 0.5) is 10.5 Å². The van der Waals surface area contributed by atoms with Gasteiger partial charge in [-0.05, 0) is 25.0 Å². The largest absolute Gasteiger partial charge is 0.505 e. The van der Waals surface area contributed by atoms with Gasteiger partial charge in [0.2, 0.25) is 0 Å². The van der Waals surface area contributed by atoms with Gasteiger partial charge in [-0.1, -0.05) is 6.07 Å². The third-order valence-electron chi connectivity index (χ3n) is 3.07. The molecule has 1 saturated heterocycles. The van der Waals surface area contributed by atoms with Crippen molar-refractivity contribution >= 4 is 17.7 Å². The Bertz CT molecular complexity index is 511. The highest BCUT2D eigenvalue weighted by Gasteiger charge is 2.18. The van der Waals surface area contributed by atoms with Crippen molar-refractivity contribution < 1.29 is 24.5 Å². The molecule has 20 heavy (non-hydrogen) atoms. The minimum atomic E-state index is -1.25. The van der Waals surface area contributed by atoms with E-state index < -0.39 is 17.7 Å². The molecule has 0 unspecified atom stereocenters. The van der Waals surface area contributed by atoms with Gasteiger partial charge >= 0.3 is 12.0 Å². The van der Waals surface area contributed by atoms with Gasteiger partial charge in [0.1, 0.15) is 5.56 Å². The Balaban J connectivity index is 2.00. The second kappa shape index (κ2) is 6.25. The number of aromatic carboxylic acids is 1. The summed E-state index contributed by atoms with van der Waals surface area (Å²) in [5.74, 6) is -1.71. The summed E-state index contributed by atoms with van der Waals surface area (Å²) in [6.45, 7) is 1.20. The van der Waals surface area contributed by atoms with Gasteiger partial charge in [0.15, 0.2) is 5.75 Å². The summed E-state index contributed by atoms with van der Waals surface area (Å²) in [7, 11) is 0. The Morgan fingerprint density at radius 3 is 2.60 bits per heavy atom. The number of aromatic hydroxyl groups is 1. The van der Waals surface area contributed by atoms with E-state index in [-0.39, 0.29) is 17.3 Å². The lowest BCUT2D eigenvalue weighted by molar-refractivity contribution is 0.0693. The van der Waals surface area contributed by atoms with E-state index in [1.165, 1.54) is 18.2 Å². The van der Waals surface area contributed by atoms with Crippen molar-refractivity contribution in [1.82, 2.24) is 5.32 Å². The summed E-state index contributed by atoms with van der Waals surface area (Å²) in [6, 6.07) is 3.70. The van der Waals surface area contributed by atoms with Crippen molar-refractivity contribution in [3.8, 4) is 5.75 Å². The van der Waals surface area contributed by atoms with Crippen molar-refractivity contribution in [2.75, 3.05) is 18.5 Å². The molecule has 0 aromatic heterocycles. The number of benzene rings is 1. The summed E-state index contributed by atoms with van der Waals surface area (Å²) in [5, 5.41) is 23.9. The number of ether oxygens (including phenoxy) is 1. The fraction of sp³-hybridized carbons (Fsp3) is 0.385. The summed E-state index contributed by atoms with van der Waals surface area (Å²) in [5.41, 5.74) is -0.191. The predicted molar refractivity (Wildman–Crippen MR) is 71.1 cm³/mol. The molecule has 0 saturated carbocycles.